The van der Waals surface area contributed by atoms with Crippen molar-refractivity contribution < 1.29 is 19.4 Å². The van der Waals surface area contributed by atoms with Gasteiger partial charge in [-0.15, -0.1) is 11.3 Å². The number of thiophene rings is 1. The zero-order chi connectivity index (χ0) is 20.8. The first-order valence-electron chi connectivity index (χ1n) is 9.25. The van der Waals surface area contributed by atoms with Crippen LogP contribution in [-0.4, -0.2) is 49.0 Å². The molecule has 0 fully saturated rings. The van der Waals surface area contributed by atoms with Crippen molar-refractivity contribution in [3.05, 3.63) is 76.7 Å². The summed E-state index contributed by atoms with van der Waals surface area (Å²) in [7, 11) is 3.38. The highest BCUT2D eigenvalue weighted by Crippen LogP contribution is 2.34. The van der Waals surface area contributed by atoms with E-state index in [1.807, 2.05) is 36.4 Å². The van der Waals surface area contributed by atoms with Crippen molar-refractivity contribution in [2.75, 3.05) is 27.2 Å². The van der Waals surface area contributed by atoms with Crippen molar-refractivity contribution in [1.29, 1.82) is 0 Å². The topological polar surface area (TPSA) is 66.8 Å². The number of carbonyl (C=O) groups excluding carboxylic acids is 1. The maximum Gasteiger partial charge on any atom is 0.317 e. The lowest BCUT2D eigenvalue weighted by Crippen LogP contribution is -2.27. The smallest absolute Gasteiger partial charge is 0.317 e. The zero-order valence-electron chi connectivity index (χ0n) is 16.4. The second-order valence-corrected chi connectivity index (χ2v) is 7.82. The van der Waals surface area contributed by atoms with E-state index in [4.69, 9.17) is 9.84 Å². The Morgan fingerprint density at radius 2 is 1.76 bits per heavy atom. The molecule has 0 saturated heterocycles. The summed E-state index contributed by atoms with van der Waals surface area (Å²) < 4.78 is 5.16. The van der Waals surface area contributed by atoms with Crippen molar-refractivity contribution in [2.24, 2.45) is 0 Å². The Bertz CT molecular complexity index is 980. The second-order valence-electron chi connectivity index (χ2n) is 6.77. The molecule has 0 aliphatic carbocycles. The first kappa shape index (κ1) is 20.8. The molecule has 3 rings (SSSR count). The van der Waals surface area contributed by atoms with Crippen molar-refractivity contribution in [1.82, 2.24) is 4.90 Å². The molecule has 1 aromatic heterocycles. The molecular formula is C23H23NO4S. The number of ketones is 1. The number of aliphatic carboxylic acids is 1. The number of likely N-dealkylation sites (N-methyl/N-ethyl adjacent to an activating group) is 1. The van der Waals surface area contributed by atoms with E-state index in [0.717, 1.165) is 16.0 Å². The van der Waals surface area contributed by atoms with Crippen LogP contribution in [0.4, 0.5) is 0 Å². The lowest BCUT2D eigenvalue weighted by Gasteiger charge is -2.13. The quantitative estimate of drug-likeness (QED) is 0.536. The van der Waals surface area contributed by atoms with Gasteiger partial charge in [0.1, 0.15) is 5.75 Å². The van der Waals surface area contributed by atoms with E-state index >= 15 is 0 Å². The summed E-state index contributed by atoms with van der Waals surface area (Å²) in [5, 5.41) is 8.96. The predicted molar refractivity (Wildman–Crippen MR) is 115 cm³/mol. The van der Waals surface area contributed by atoms with Crippen molar-refractivity contribution in [2.45, 2.75) is 6.42 Å². The van der Waals surface area contributed by atoms with Gasteiger partial charge in [-0.3, -0.25) is 14.5 Å². The van der Waals surface area contributed by atoms with E-state index < -0.39 is 5.97 Å². The molecule has 0 amide bonds. The van der Waals surface area contributed by atoms with Crippen LogP contribution in [0.3, 0.4) is 0 Å². The molecule has 1 heterocycles. The maximum atomic E-state index is 13.0. The predicted octanol–water partition coefficient (Wildman–Crippen LogP) is 4.21. The third-order valence-corrected chi connectivity index (χ3v) is 5.81. The fraction of sp³-hybridized carbons (Fsp3) is 0.217. The highest BCUT2D eigenvalue weighted by molar-refractivity contribution is 7.17. The molecule has 6 heteroatoms. The normalized spacial score (nSPS) is 10.9. The Hall–Kier alpha value is -2.96. The molecule has 0 bridgehead atoms. The SMILES string of the molecule is COc1ccc(C(=O)c2cc(CCN(C)CC(=O)O)c(-c3ccccc3)s2)cc1. The van der Waals surface area contributed by atoms with Crippen LogP contribution in [0.2, 0.25) is 0 Å². The number of hydrogen-bond donors (Lipinski definition) is 1. The van der Waals surface area contributed by atoms with E-state index in [2.05, 4.69) is 0 Å². The van der Waals surface area contributed by atoms with Gasteiger partial charge in [0.25, 0.3) is 0 Å². The minimum atomic E-state index is -0.850. The molecule has 0 aliphatic rings. The number of ether oxygens (including phenoxy) is 1. The molecule has 150 valence electrons. The lowest BCUT2D eigenvalue weighted by atomic mass is 10.0. The van der Waals surface area contributed by atoms with Crippen molar-refractivity contribution in [3.8, 4) is 16.2 Å². The Kier molecular flexibility index (Phi) is 6.80. The second kappa shape index (κ2) is 9.49. The van der Waals surface area contributed by atoms with Gasteiger partial charge in [0.05, 0.1) is 18.5 Å². The number of hydrogen-bond acceptors (Lipinski definition) is 5. The van der Waals surface area contributed by atoms with E-state index in [9.17, 15) is 9.59 Å². The average molecular weight is 410 g/mol. The Labute approximate surface area is 174 Å². The van der Waals surface area contributed by atoms with Gasteiger partial charge >= 0.3 is 5.97 Å². The summed E-state index contributed by atoms with van der Waals surface area (Å²) in [6.45, 7) is 0.585. The Balaban J connectivity index is 1.89. The lowest BCUT2D eigenvalue weighted by molar-refractivity contribution is -0.137. The van der Waals surface area contributed by atoms with Crippen LogP contribution in [0.15, 0.2) is 60.7 Å². The van der Waals surface area contributed by atoms with Gasteiger partial charge in [-0.05, 0) is 54.9 Å². The minimum Gasteiger partial charge on any atom is -0.497 e. The largest absolute Gasteiger partial charge is 0.497 e. The summed E-state index contributed by atoms with van der Waals surface area (Å²) in [4.78, 5) is 27.4. The van der Waals surface area contributed by atoms with Crippen LogP contribution in [0.5, 0.6) is 5.75 Å². The summed E-state index contributed by atoms with van der Waals surface area (Å²) in [5.41, 5.74) is 2.72. The third kappa shape index (κ3) is 5.31. The average Bonchev–Trinajstić information content (AvgIpc) is 3.16. The summed E-state index contributed by atoms with van der Waals surface area (Å²) in [6.07, 6.45) is 0.667. The fourth-order valence-electron chi connectivity index (χ4n) is 3.07. The van der Waals surface area contributed by atoms with Gasteiger partial charge in [-0.2, -0.15) is 0 Å². The van der Waals surface area contributed by atoms with Crippen LogP contribution in [-0.2, 0) is 11.2 Å². The fourth-order valence-corrected chi connectivity index (χ4v) is 4.24. The molecule has 3 aromatic rings. The van der Waals surface area contributed by atoms with Crippen LogP contribution >= 0.6 is 11.3 Å². The summed E-state index contributed by atoms with van der Waals surface area (Å²) in [5.74, 6) is -0.170. The number of carbonyl (C=O) groups is 2. The van der Waals surface area contributed by atoms with Gasteiger partial charge < -0.3 is 9.84 Å². The Morgan fingerprint density at radius 1 is 1.07 bits per heavy atom. The minimum absolute atomic E-state index is 0.0115. The van der Waals surface area contributed by atoms with Gasteiger partial charge in [-0.1, -0.05) is 30.3 Å². The van der Waals surface area contributed by atoms with E-state index in [-0.39, 0.29) is 12.3 Å². The standard InChI is InChI=1S/C23H23NO4S/c1-24(15-21(25)26)13-12-18-14-20(29-23(18)17-6-4-3-5-7-17)22(27)16-8-10-19(28-2)11-9-16/h3-11,14H,12-13,15H2,1-2H3,(H,25,26). The Morgan fingerprint density at radius 3 is 2.38 bits per heavy atom. The van der Waals surface area contributed by atoms with Crippen LogP contribution in [0.1, 0.15) is 20.8 Å². The van der Waals surface area contributed by atoms with Gasteiger partial charge in [-0.25, -0.2) is 0 Å². The van der Waals surface area contributed by atoms with E-state index in [0.29, 0.717) is 29.2 Å². The number of rotatable bonds is 9. The molecule has 0 radical (unpaired) electrons. The van der Waals surface area contributed by atoms with Crippen molar-refractivity contribution >= 4 is 23.1 Å². The van der Waals surface area contributed by atoms with E-state index in [1.165, 1.54) is 11.3 Å². The monoisotopic (exact) mass is 409 g/mol. The molecule has 2 aromatic carbocycles. The molecule has 29 heavy (non-hydrogen) atoms. The molecule has 0 saturated carbocycles. The van der Waals surface area contributed by atoms with Gasteiger partial charge in [0, 0.05) is 17.0 Å². The number of carboxylic acid groups (broad SMARTS) is 1. The zero-order valence-corrected chi connectivity index (χ0v) is 17.2. The van der Waals surface area contributed by atoms with E-state index in [1.54, 1.807) is 43.3 Å². The van der Waals surface area contributed by atoms with Crippen LogP contribution in [0, 0.1) is 0 Å². The number of nitrogens with zero attached hydrogens (tertiary/aromatic N) is 1. The third-order valence-electron chi connectivity index (χ3n) is 4.59. The van der Waals surface area contributed by atoms with Crippen LogP contribution < -0.4 is 4.74 Å². The molecule has 5 nitrogen and oxygen atoms in total. The number of carboxylic acids is 1. The molecule has 0 unspecified atom stereocenters. The highest BCUT2D eigenvalue weighted by atomic mass is 32.1. The van der Waals surface area contributed by atoms with Gasteiger partial charge in [0.15, 0.2) is 0 Å². The molecule has 0 aliphatic heterocycles. The van der Waals surface area contributed by atoms with Crippen molar-refractivity contribution in [3.63, 3.8) is 0 Å². The first-order chi connectivity index (χ1) is 14.0. The highest BCUT2D eigenvalue weighted by Gasteiger charge is 2.18. The number of benzene rings is 2. The first-order valence-corrected chi connectivity index (χ1v) is 10.1. The molecule has 0 atom stereocenters. The molecular weight excluding hydrogens is 386 g/mol. The molecule has 1 N–H and O–H groups in total. The van der Waals surface area contributed by atoms with Crippen LogP contribution in [0.25, 0.3) is 10.4 Å². The summed E-state index contributed by atoms with van der Waals surface area (Å²) in [6, 6.07) is 19.0. The maximum absolute atomic E-state index is 13.0. The number of methoxy groups -OCH3 is 1. The molecule has 0 spiro atoms. The summed E-state index contributed by atoms with van der Waals surface area (Å²) >= 11 is 1.48. The van der Waals surface area contributed by atoms with Gasteiger partial charge in [0.2, 0.25) is 5.78 Å².